The maximum absolute atomic E-state index is 13.8. The first-order valence-electron chi connectivity index (χ1n) is 14.8. The molecule has 220 valence electrons. The van der Waals surface area contributed by atoms with E-state index >= 15 is 0 Å². The van der Waals surface area contributed by atoms with Crippen molar-refractivity contribution in [2.75, 3.05) is 11.5 Å². The molecule has 2 amide bonds. The number of rotatable bonds is 7. The van der Waals surface area contributed by atoms with Gasteiger partial charge in [-0.15, -0.1) is 0 Å². The fraction of sp³-hybridized carbons (Fsp3) is 0.324. The minimum absolute atomic E-state index is 0.188. The molecular formula is C34H35BN2O6. The number of aliphatic hydroxyl groups is 1. The molecule has 1 aromatic heterocycles. The molecule has 4 atom stereocenters. The number of aryl methyl sites for hydroxylation is 2. The summed E-state index contributed by atoms with van der Waals surface area (Å²) < 4.78 is 6.10. The molecule has 3 heterocycles. The second-order valence-corrected chi connectivity index (χ2v) is 11.7. The highest BCUT2D eigenvalue weighted by molar-refractivity contribution is 6.43. The molecule has 6 rings (SSSR count). The van der Waals surface area contributed by atoms with Gasteiger partial charge in [0.25, 0.3) is 0 Å². The Morgan fingerprint density at radius 1 is 1.05 bits per heavy atom. The van der Waals surface area contributed by atoms with Crippen LogP contribution in [0, 0.1) is 31.6 Å². The van der Waals surface area contributed by atoms with Crippen molar-refractivity contribution >= 4 is 36.3 Å². The molecule has 2 aliphatic heterocycles. The molecule has 1 aliphatic carbocycles. The molecule has 0 bridgehead atoms. The highest BCUT2D eigenvalue weighted by Crippen LogP contribution is 2.51. The molecule has 0 unspecified atom stereocenters. The minimum Gasteiger partial charge on any atom is -0.507 e. The standard InChI is InChI=1S/C34H35BN2O6/c1-20-14-22(15-21(2)32(20)39)16-23(28-10-6-7-13-36-28)11-12-29-30-24(19-38)17-26-31(27(30)18-35(42)43-29)34(41)37(33(26)40)25-8-4-3-5-9-25/h3-10,13-16,26-27,29,31,38-39,42H,11-12,17-19H2,1-2H3/b23-16-/t26-,27+,29-,31-/m1/s1. The third-order valence-electron chi connectivity index (χ3n) is 9.04. The number of aromatic hydroxyl groups is 1. The summed E-state index contributed by atoms with van der Waals surface area (Å²) in [5, 5.41) is 31.6. The predicted octanol–water partition coefficient (Wildman–Crippen LogP) is 4.72. The molecule has 3 aliphatic rings. The Bertz CT molecular complexity index is 1580. The van der Waals surface area contributed by atoms with Crippen LogP contribution in [0.4, 0.5) is 5.69 Å². The summed E-state index contributed by atoms with van der Waals surface area (Å²) in [5.74, 6) is -1.86. The molecule has 2 aromatic carbocycles. The number of amides is 2. The number of anilines is 1. The lowest BCUT2D eigenvalue weighted by Gasteiger charge is -2.42. The van der Waals surface area contributed by atoms with E-state index < -0.39 is 31.0 Å². The van der Waals surface area contributed by atoms with Crippen molar-refractivity contribution in [1.82, 2.24) is 4.98 Å². The van der Waals surface area contributed by atoms with E-state index in [-0.39, 0.29) is 36.9 Å². The smallest absolute Gasteiger partial charge is 0.455 e. The molecular weight excluding hydrogens is 543 g/mol. The summed E-state index contributed by atoms with van der Waals surface area (Å²) in [6.07, 6.45) is 4.74. The number of aliphatic hydroxyl groups excluding tert-OH is 1. The first-order chi connectivity index (χ1) is 20.8. The van der Waals surface area contributed by atoms with Crippen LogP contribution in [-0.4, -0.2) is 51.9 Å². The first-order valence-corrected chi connectivity index (χ1v) is 14.8. The van der Waals surface area contributed by atoms with Gasteiger partial charge in [0.1, 0.15) is 5.75 Å². The van der Waals surface area contributed by atoms with Gasteiger partial charge in [-0.05, 0) is 121 Å². The van der Waals surface area contributed by atoms with Crippen LogP contribution >= 0.6 is 0 Å². The van der Waals surface area contributed by atoms with Gasteiger partial charge < -0.3 is 19.9 Å². The van der Waals surface area contributed by atoms with E-state index in [1.807, 2.05) is 56.3 Å². The average Bonchev–Trinajstić information content (AvgIpc) is 3.27. The fourth-order valence-electron chi connectivity index (χ4n) is 7.13. The van der Waals surface area contributed by atoms with Crippen LogP contribution in [0.5, 0.6) is 5.75 Å². The number of allylic oxidation sites excluding steroid dienone is 1. The summed E-state index contributed by atoms with van der Waals surface area (Å²) in [7, 11) is -1.10. The monoisotopic (exact) mass is 578 g/mol. The van der Waals surface area contributed by atoms with Crippen LogP contribution in [0.3, 0.4) is 0 Å². The quantitative estimate of drug-likeness (QED) is 0.211. The third-order valence-corrected chi connectivity index (χ3v) is 9.04. The van der Waals surface area contributed by atoms with Crippen molar-refractivity contribution in [2.45, 2.75) is 45.5 Å². The zero-order chi connectivity index (χ0) is 30.2. The van der Waals surface area contributed by atoms with Crippen LogP contribution in [-0.2, 0) is 14.2 Å². The van der Waals surface area contributed by atoms with Crippen molar-refractivity contribution in [1.29, 1.82) is 0 Å². The van der Waals surface area contributed by atoms with Crippen LogP contribution in [0.2, 0.25) is 6.32 Å². The number of nitrogens with zero attached hydrogens (tertiary/aromatic N) is 2. The van der Waals surface area contributed by atoms with Crippen LogP contribution in [0.15, 0.2) is 78.0 Å². The largest absolute Gasteiger partial charge is 0.507 e. The SMILES string of the molecule is Cc1cc(/C=C(/CC[C@H]2OB(O)C[C@H]3C2=C(CO)C[C@H]2C(=O)N(c4ccccc4)C(=O)[C@H]23)c2ccccn2)cc(C)c1O. The van der Waals surface area contributed by atoms with Crippen LogP contribution < -0.4 is 4.90 Å². The van der Waals surface area contributed by atoms with Crippen molar-refractivity contribution in [3.05, 3.63) is 100 Å². The Kier molecular flexibility index (Phi) is 8.05. The Morgan fingerprint density at radius 2 is 1.77 bits per heavy atom. The molecule has 0 saturated carbocycles. The molecule has 3 N–H and O–H groups in total. The van der Waals surface area contributed by atoms with Crippen molar-refractivity contribution < 1.29 is 29.5 Å². The summed E-state index contributed by atoms with van der Waals surface area (Å²) >= 11 is 0. The number of imide groups is 1. The number of pyridine rings is 1. The van der Waals surface area contributed by atoms with E-state index in [0.717, 1.165) is 33.5 Å². The number of para-hydroxylation sites is 1. The summed E-state index contributed by atoms with van der Waals surface area (Å²) in [5.41, 5.74) is 6.33. The number of hydrogen-bond acceptors (Lipinski definition) is 7. The summed E-state index contributed by atoms with van der Waals surface area (Å²) in [4.78, 5) is 33.2. The molecule has 2 fully saturated rings. The topological polar surface area (TPSA) is 120 Å². The Balaban J connectivity index is 1.32. The lowest BCUT2D eigenvalue weighted by atomic mass is 9.58. The zero-order valence-electron chi connectivity index (χ0n) is 24.3. The van der Waals surface area contributed by atoms with Gasteiger partial charge in [-0.2, -0.15) is 0 Å². The lowest BCUT2D eigenvalue weighted by molar-refractivity contribution is -0.122. The number of fused-ring (bicyclic) bond motifs is 3. The number of carbonyl (C=O) groups excluding carboxylic acids is 2. The van der Waals surface area contributed by atoms with Gasteiger partial charge in [0.15, 0.2) is 0 Å². The van der Waals surface area contributed by atoms with Gasteiger partial charge in [-0.3, -0.25) is 19.5 Å². The Morgan fingerprint density at radius 3 is 2.44 bits per heavy atom. The van der Waals surface area contributed by atoms with Gasteiger partial charge in [-0.25, -0.2) is 0 Å². The Labute approximate surface area is 251 Å². The number of aromatic nitrogens is 1. The number of phenols is 1. The highest BCUT2D eigenvalue weighted by Gasteiger charge is 2.57. The van der Waals surface area contributed by atoms with Gasteiger partial charge >= 0.3 is 7.12 Å². The summed E-state index contributed by atoms with van der Waals surface area (Å²) in [6.45, 7) is 3.49. The summed E-state index contributed by atoms with van der Waals surface area (Å²) in [6, 6.07) is 18.5. The van der Waals surface area contributed by atoms with Crippen molar-refractivity contribution in [3.8, 4) is 5.75 Å². The zero-order valence-corrected chi connectivity index (χ0v) is 24.3. The van der Waals surface area contributed by atoms with Crippen LogP contribution in [0.1, 0.15) is 41.6 Å². The second-order valence-electron chi connectivity index (χ2n) is 11.7. The number of benzene rings is 2. The van der Waals surface area contributed by atoms with Crippen molar-refractivity contribution in [2.24, 2.45) is 17.8 Å². The molecule has 0 radical (unpaired) electrons. The molecule has 0 spiro atoms. The third kappa shape index (κ3) is 5.44. The van der Waals surface area contributed by atoms with E-state index in [1.54, 1.807) is 30.5 Å². The second kappa shape index (κ2) is 11.9. The van der Waals surface area contributed by atoms with Crippen molar-refractivity contribution in [3.63, 3.8) is 0 Å². The molecule has 8 nitrogen and oxygen atoms in total. The van der Waals surface area contributed by atoms with Gasteiger partial charge in [0.2, 0.25) is 11.8 Å². The maximum Gasteiger partial charge on any atom is 0.455 e. The van der Waals surface area contributed by atoms with E-state index in [9.17, 15) is 24.8 Å². The van der Waals surface area contributed by atoms with E-state index in [4.69, 9.17) is 4.65 Å². The highest BCUT2D eigenvalue weighted by atomic mass is 16.5. The first kappa shape index (κ1) is 29.0. The van der Waals surface area contributed by atoms with Gasteiger partial charge in [0, 0.05) is 6.20 Å². The molecule has 2 saturated heterocycles. The Hall–Kier alpha value is -4.05. The molecule has 9 heteroatoms. The fourth-order valence-corrected chi connectivity index (χ4v) is 7.13. The van der Waals surface area contributed by atoms with E-state index in [2.05, 4.69) is 4.98 Å². The predicted molar refractivity (Wildman–Crippen MR) is 165 cm³/mol. The average molecular weight is 578 g/mol. The molecule has 43 heavy (non-hydrogen) atoms. The lowest BCUT2D eigenvalue weighted by Crippen LogP contribution is -2.46. The van der Waals surface area contributed by atoms with Crippen LogP contribution in [0.25, 0.3) is 11.6 Å². The number of carbonyl (C=O) groups is 2. The van der Waals surface area contributed by atoms with Gasteiger partial charge in [-0.1, -0.05) is 24.3 Å². The minimum atomic E-state index is -1.10. The normalized spacial score (nSPS) is 24.0. The number of hydrogen-bond donors (Lipinski definition) is 3. The van der Waals surface area contributed by atoms with E-state index in [0.29, 0.717) is 24.1 Å². The molecule has 3 aromatic rings. The van der Waals surface area contributed by atoms with E-state index in [1.165, 1.54) is 4.90 Å². The number of phenolic OH excluding ortho intramolecular Hbond substituents is 1. The van der Waals surface area contributed by atoms with Gasteiger partial charge in [0.05, 0.1) is 35.9 Å². The maximum atomic E-state index is 13.8.